The Bertz CT molecular complexity index is 1020. The maximum Gasteiger partial charge on any atom is 0.155 e. The van der Waals surface area contributed by atoms with Gasteiger partial charge < -0.3 is 0 Å². The van der Waals surface area contributed by atoms with Crippen LogP contribution in [0.1, 0.15) is 102 Å². The smallest absolute Gasteiger partial charge is 0.155 e. The van der Waals surface area contributed by atoms with E-state index in [-0.39, 0.29) is 0 Å². The van der Waals surface area contributed by atoms with Gasteiger partial charge in [0.05, 0.1) is 0 Å². The molecule has 0 saturated carbocycles. The summed E-state index contributed by atoms with van der Waals surface area (Å²) in [5.41, 5.74) is 4.49. The van der Waals surface area contributed by atoms with Gasteiger partial charge in [-0.25, -0.2) is 19.0 Å². The zero-order chi connectivity index (χ0) is 22.0. The predicted molar refractivity (Wildman–Crippen MR) is 122 cm³/mol. The SMILES string of the molecule is CC(C)c1ccc2nc(C(C)C)nn2c1.CC(C)c1ccn2nc(C(C)C)nc2c1. The number of aromatic nitrogens is 6. The van der Waals surface area contributed by atoms with Crippen LogP contribution in [0.3, 0.4) is 0 Å². The van der Waals surface area contributed by atoms with E-state index in [1.165, 1.54) is 11.1 Å². The number of hydrogen-bond donors (Lipinski definition) is 0. The van der Waals surface area contributed by atoms with E-state index in [0.29, 0.717) is 23.7 Å². The molecule has 0 aliphatic heterocycles. The molecule has 6 heteroatoms. The van der Waals surface area contributed by atoms with Gasteiger partial charge in [-0.3, -0.25) is 0 Å². The first-order valence-electron chi connectivity index (χ1n) is 10.9. The van der Waals surface area contributed by atoms with E-state index in [4.69, 9.17) is 0 Å². The highest BCUT2D eigenvalue weighted by molar-refractivity contribution is 5.42. The molecule has 4 aromatic heterocycles. The number of fused-ring (bicyclic) bond motifs is 2. The Hall–Kier alpha value is -2.76. The lowest BCUT2D eigenvalue weighted by atomic mass is 10.1. The molecule has 0 amide bonds. The van der Waals surface area contributed by atoms with Crippen LogP contribution in [0.2, 0.25) is 0 Å². The fourth-order valence-corrected chi connectivity index (χ4v) is 3.02. The van der Waals surface area contributed by atoms with Gasteiger partial charge in [0.2, 0.25) is 0 Å². The Balaban J connectivity index is 0.000000171. The molecular weight excluding hydrogens is 372 g/mol. The maximum absolute atomic E-state index is 4.51. The molecule has 160 valence electrons. The van der Waals surface area contributed by atoms with Crippen molar-refractivity contribution < 1.29 is 0 Å². The van der Waals surface area contributed by atoms with Crippen molar-refractivity contribution in [3.63, 3.8) is 0 Å². The lowest BCUT2D eigenvalue weighted by molar-refractivity contribution is 0.759. The van der Waals surface area contributed by atoms with Crippen molar-refractivity contribution in [1.29, 1.82) is 0 Å². The van der Waals surface area contributed by atoms with Crippen LogP contribution in [0.5, 0.6) is 0 Å². The van der Waals surface area contributed by atoms with Gasteiger partial charge in [0.1, 0.15) is 0 Å². The lowest BCUT2D eigenvalue weighted by Gasteiger charge is -2.03. The monoisotopic (exact) mass is 406 g/mol. The number of hydrogen-bond acceptors (Lipinski definition) is 4. The van der Waals surface area contributed by atoms with Crippen LogP contribution in [-0.2, 0) is 0 Å². The minimum absolute atomic E-state index is 0.382. The number of rotatable bonds is 4. The average molecular weight is 407 g/mol. The summed E-state index contributed by atoms with van der Waals surface area (Å²) in [5, 5.41) is 8.88. The number of pyridine rings is 2. The zero-order valence-corrected chi connectivity index (χ0v) is 19.5. The molecule has 0 aliphatic rings. The Morgan fingerprint density at radius 3 is 1.73 bits per heavy atom. The second-order valence-corrected chi connectivity index (χ2v) is 9.09. The van der Waals surface area contributed by atoms with Gasteiger partial charge in [0, 0.05) is 24.2 Å². The molecule has 0 bridgehead atoms. The molecule has 0 radical (unpaired) electrons. The van der Waals surface area contributed by atoms with E-state index in [1.54, 1.807) is 0 Å². The highest BCUT2D eigenvalue weighted by Crippen LogP contribution is 2.18. The normalized spacial score (nSPS) is 11.9. The summed E-state index contributed by atoms with van der Waals surface area (Å²) in [6.45, 7) is 17.2. The molecule has 0 atom stereocenters. The van der Waals surface area contributed by atoms with Gasteiger partial charge in [-0.15, -0.1) is 0 Å². The topological polar surface area (TPSA) is 60.4 Å². The molecule has 0 N–H and O–H groups in total. The van der Waals surface area contributed by atoms with Gasteiger partial charge in [0.15, 0.2) is 22.9 Å². The van der Waals surface area contributed by atoms with Crippen molar-refractivity contribution in [2.75, 3.05) is 0 Å². The Morgan fingerprint density at radius 1 is 0.600 bits per heavy atom. The molecule has 0 spiro atoms. The molecule has 0 saturated heterocycles. The van der Waals surface area contributed by atoms with Crippen LogP contribution in [-0.4, -0.2) is 29.2 Å². The van der Waals surface area contributed by atoms with Gasteiger partial charge >= 0.3 is 0 Å². The first-order valence-corrected chi connectivity index (χ1v) is 10.9. The van der Waals surface area contributed by atoms with Gasteiger partial charge in [-0.1, -0.05) is 61.5 Å². The van der Waals surface area contributed by atoms with E-state index < -0.39 is 0 Å². The number of nitrogens with zero attached hydrogens (tertiary/aromatic N) is 6. The summed E-state index contributed by atoms with van der Waals surface area (Å²) in [4.78, 5) is 8.97. The molecular formula is C24H34N6. The van der Waals surface area contributed by atoms with Gasteiger partial charge in [0.25, 0.3) is 0 Å². The van der Waals surface area contributed by atoms with Gasteiger partial charge in [-0.05, 0) is 41.2 Å². The van der Waals surface area contributed by atoms with Gasteiger partial charge in [-0.2, -0.15) is 10.2 Å². The van der Waals surface area contributed by atoms with Crippen LogP contribution in [0.25, 0.3) is 11.3 Å². The third-order valence-electron chi connectivity index (χ3n) is 5.11. The summed E-state index contributed by atoms with van der Waals surface area (Å²) in [7, 11) is 0. The van der Waals surface area contributed by atoms with Crippen molar-refractivity contribution in [2.24, 2.45) is 0 Å². The highest BCUT2D eigenvalue weighted by atomic mass is 15.3. The molecule has 0 unspecified atom stereocenters. The summed E-state index contributed by atoms with van der Waals surface area (Å²) in [6.07, 6.45) is 4.06. The maximum atomic E-state index is 4.51. The summed E-state index contributed by atoms with van der Waals surface area (Å²) in [6, 6.07) is 8.38. The quantitative estimate of drug-likeness (QED) is 0.420. The van der Waals surface area contributed by atoms with E-state index in [9.17, 15) is 0 Å². The highest BCUT2D eigenvalue weighted by Gasteiger charge is 2.09. The summed E-state index contributed by atoms with van der Waals surface area (Å²) >= 11 is 0. The molecule has 0 aromatic carbocycles. The Kier molecular flexibility index (Phi) is 6.54. The third-order valence-corrected chi connectivity index (χ3v) is 5.11. The molecule has 0 fully saturated rings. The van der Waals surface area contributed by atoms with Crippen molar-refractivity contribution in [2.45, 2.75) is 79.1 Å². The predicted octanol–water partition coefficient (Wildman–Crippen LogP) is 5.95. The minimum atomic E-state index is 0.382. The average Bonchev–Trinajstić information content (AvgIpc) is 3.31. The first kappa shape index (κ1) is 21.9. The van der Waals surface area contributed by atoms with E-state index in [2.05, 4.69) is 100.0 Å². The van der Waals surface area contributed by atoms with Crippen molar-refractivity contribution in [3.8, 4) is 0 Å². The molecule has 6 nitrogen and oxygen atoms in total. The Morgan fingerprint density at radius 2 is 1.17 bits per heavy atom. The lowest BCUT2D eigenvalue weighted by Crippen LogP contribution is -1.94. The first-order chi connectivity index (χ1) is 14.2. The summed E-state index contributed by atoms with van der Waals surface area (Å²) < 4.78 is 3.73. The largest absolute Gasteiger partial charge is 0.221 e. The van der Waals surface area contributed by atoms with Crippen molar-refractivity contribution >= 4 is 11.3 Å². The molecule has 0 aliphatic carbocycles. The van der Waals surface area contributed by atoms with Crippen LogP contribution in [0.15, 0.2) is 36.7 Å². The fraction of sp³-hybridized carbons (Fsp3) is 0.500. The molecule has 4 aromatic rings. The standard InChI is InChI=1S/2C12H17N3/c1-8(2)10-5-6-15-11(7-10)13-12(14-15)9(3)4;1-8(2)10-5-6-11-13-12(9(3)4)14-15(11)7-10/h2*5-9H,1-4H3. The van der Waals surface area contributed by atoms with Crippen LogP contribution < -0.4 is 0 Å². The molecule has 4 rings (SSSR count). The fourth-order valence-electron chi connectivity index (χ4n) is 3.02. The third kappa shape index (κ3) is 4.86. The van der Waals surface area contributed by atoms with E-state index >= 15 is 0 Å². The minimum Gasteiger partial charge on any atom is -0.221 e. The van der Waals surface area contributed by atoms with E-state index in [1.807, 2.05) is 21.3 Å². The van der Waals surface area contributed by atoms with Crippen LogP contribution in [0, 0.1) is 0 Å². The van der Waals surface area contributed by atoms with Crippen molar-refractivity contribution in [3.05, 3.63) is 59.4 Å². The zero-order valence-electron chi connectivity index (χ0n) is 19.5. The summed E-state index contributed by atoms with van der Waals surface area (Å²) in [5.74, 6) is 3.65. The van der Waals surface area contributed by atoms with E-state index in [0.717, 1.165) is 22.9 Å². The van der Waals surface area contributed by atoms with Crippen molar-refractivity contribution in [1.82, 2.24) is 29.2 Å². The van der Waals surface area contributed by atoms with Crippen LogP contribution in [0.4, 0.5) is 0 Å². The second kappa shape index (κ2) is 8.94. The molecule has 30 heavy (non-hydrogen) atoms. The Labute approximate surface area is 179 Å². The second-order valence-electron chi connectivity index (χ2n) is 9.09. The van der Waals surface area contributed by atoms with Crippen LogP contribution >= 0.6 is 0 Å². The molecule has 4 heterocycles.